The zero-order valence-electron chi connectivity index (χ0n) is 16.1. The van der Waals surface area contributed by atoms with Gasteiger partial charge in [-0.15, -0.1) is 0 Å². The normalized spacial score (nSPS) is 13.7. The number of esters is 1. The van der Waals surface area contributed by atoms with Gasteiger partial charge in [0.2, 0.25) is 0 Å². The van der Waals surface area contributed by atoms with Gasteiger partial charge in [-0.25, -0.2) is 0 Å². The largest absolute Gasteiger partial charge is 0.455 e. The highest BCUT2D eigenvalue weighted by atomic mass is 16.5. The van der Waals surface area contributed by atoms with E-state index in [0.717, 1.165) is 30.0 Å². The van der Waals surface area contributed by atoms with Crippen molar-refractivity contribution in [2.75, 3.05) is 29.9 Å². The fraction of sp³-hybridized carbons (Fsp3) is 0.450. The van der Waals surface area contributed by atoms with E-state index in [4.69, 9.17) is 4.74 Å². The van der Waals surface area contributed by atoms with Crippen LogP contribution in [0.4, 0.5) is 11.4 Å². The topological polar surface area (TPSA) is 76.5 Å². The number of hydrogen-bond acceptors (Lipinski definition) is 5. The van der Waals surface area contributed by atoms with Gasteiger partial charge in [0.15, 0.2) is 6.61 Å². The van der Waals surface area contributed by atoms with Crippen molar-refractivity contribution in [3.63, 3.8) is 0 Å². The van der Waals surface area contributed by atoms with Crippen LogP contribution in [0.25, 0.3) is 0 Å². The van der Waals surface area contributed by atoms with E-state index in [0.29, 0.717) is 5.69 Å². The summed E-state index contributed by atoms with van der Waals surface area (Å²) >= 11 is 0. The number of benzene rings is 1. The Hall–Kier alpha value is -2.83. The van der Waals surface area contributed by atoms with Crippen molar-refractivity contribution >= 4 is 23.3 Å². The van der Waals surface area contributed by atoms with Crippen LogP contribution in [0.1, 0.15) is 29.8 Å². The summed E-state index contributed by atoms with van der Waals surface area (Å²) in [6.45, 7) is 5.62. The molecule has 1 amide bonds. The molecule has 1 aromatic carbocycles. The monoisotopic (exact) mass is 370 g/mol. The van der Waals surface area contributed by atoms with Gasteiger partial charge in [0.25, 0.3) is 5.91 Å². The summed E-state index contributed by atoms with van der Waals surface area (Å²) in [5, 5.41) is 7.03. The van der Waals surface area contributed by atoms with Crippen LogP contribution < -0.4 is 10.2 Å². The fourth-order valence-corrected chi connectivity index (χ4v) is 3.34. The molecule has 3 rings (SSSR count). The Morgan fingerprint density at radius 1 is 1.15 bits per heavy atom. The molecule has 0 spiro atoms. The molecule has 144 valence electrons. The molecule has 2 aromatic rings. The molecular weight excluding hydrogens is 344 g/mol. The van der Waals surface area contributed by atoms with Gasteiger partial charge < -0.3 is 15.0 Å². The molecule has 7 nitrogen and oxygen atoms in total. The van der Waals surface area contributed by atoms with Gasteiger partial charge in [-0.3, -0.25) is 14.3 Å². The molecule has 1 aliphatic heterocycles. The second-order valence-corrected chi connectivity index (χ2v) is 6.90. The number of aryl methyl sites for hydroxylation is 2. The number of aromatic nitrogens is 2. The summed E-state index contributed by atoms with van der Waals surface area (Å²) < 4.78 is 6.84. The summed E-state index contributed by atoms with van der Waals surface area (Å²) in [5.74, 6) is -0.786. The van der Waals surface area contributed by atoms with Crippen molar-refractivity contribution in [3.05, 3.63) is 41.2 Å². The number of nitrogens with zero attached hydrogens (tertiary/aromatic N) is 3. The van der Waals surface area contributed by atoms with Crippen molar-refractivity contribution in [2.45, 2.75) is 33.1 Å². The Balaban J connectivity index is 1.47. The number of ether oxygens (including phenoxy) is 1. The fourth-order valence-electron chi connectivity index (χ4n) is 3.34. The predicted molar refractivity (Wildman–Crippen MR) is 104 cm³/mol. The van der Waals surface area contributed by atoms with E-state index in [9.17, 15) is 9.59 Å². The maximum atomic E-state index is 12.0. The standard InChI is InChI=1S/C20H26N4O3/c1-14-18(15(2)23(3)22-14)12-20(26)27-13-19(25)21-16-6-8-17(9-7-16)24-10-4-5-11-24/h6-9H,4-5,10-13H2,1-3H3,(H,21,25). The van der Waals surface area contributed by atoms with E-state index in [-0.39, 0.29) is 18.9 Å². The third kappa shape index (κ3) is 4.67. The van der Waals surface area contributed by atoms with E-state index < -0.39 is 5.97 Å². The Kier molecular flexibility index (Phi) is 5.78. The predicted octanol–water partition coefficient (Wildman–Crippen LogP) is 2.36. The highest BCUT2D eigenvalue weighted by molar-refractivity contribution is 5.93. The molecule has 1 saturated heterocycles. The Morgan fingerprint density at radius 3 is 2.41 bits per heavy atom. The van der Waals surface area contributed by atoms with Gasteiger partial charge in [-0.05, 0) is 51.0 Å². The lowest BCUT2D eigenvalue weighted by Crippen LogP contribution is -2.22. The van der Waals surface area contributed by atoms with Crippen LogP contribution in [-0.2, 0) is 27.8 Å². The van der Waals surface area contributed by atoms with Gasteiger partial charge in [-0.1, -0.05) is 0 Å². The SMILES string of the molecule is Cc1nn(C)c(C)c1CC(=O)OCC(=O)Nc1ccc(N2CCCC2)cc1. The number of hydrogen-bond donors (Lipinski definition) is 1. The van der Waals surface area contributed by atoms with Crippen molar-refractivity contribution in [1.82, 2.24) is 9.78 Å². The first kappa shape index (κ1) is 18.9. The smallest absolute Gasteiger partial charge is 0.310 e. The number of nitrogens with one attached hydrogen (secondary N) is 1. The second-order valence-electron chi connectivity index (χ2n) is 6.90. The van der Waals surface area contributed by atoms with Crippen LogP contribution in [0.2, 0.25) is 0 Å². The molecule has 1 fully saturated rings. The minimum absolute atomic E-state index is 0.114. The van der Waals surface area contributed by atoms with E-state index in [1.54, 1.807) is 4.68 Å². The van der Waals surface area contributed by atoms with Crippen molar-refractivity contribution < 1.29 is 14.3 Å². The lowest BCUT2D eigenvalue weighted by molar-refractivity contribution is -0.146. The summed E-state index contributed by atoms with van der Waals surface area (Å²) in [6, 6.07) is 7.74. The highest BCUT2D eigenvalue weighted by Crippen LogP contribution is 2.22. The maximum absolute atomic E-state index is 12.0. The molecule has 0 radical (unpaired) electrons. The first-order chi connectivity index (χ1) is 12.9. The van der Waals surface area contributed by atoms with E-state index in [2.05, 4.69) is 15.3 Å². The van der Waals surface area contributed by atoms with Crippen LogP contribution in [0, 0.1) is 13.8 Å². The van der Waals surface area contributed by atoms with Gasteiger partial charge in [0.05, 0.1) is 12.1 Å². The molecule has 0 bridgehead atoms. The summed E-state index contributed by atoms with van der Waals surface area (Å²) in [7, 11) is 1.83. The van der Waals surface area contributed by atoms with Crippen LogP contribution in [-0.4, -0.2) is 41.4 Å². The van der Waals surface area contributed by atoms with Crippen LogP contribution in [0.5, 0.6) is 0 Å². The van der Waals surface area contributed by atoms with Crippen LogP contribution >= 0.6 is 0 Å². The number of amides is 1. The molecule has 27 heavy (non-hydrogen) atoms. The van der Waals surface area contributed by atoms with Gasteiger partial charge in [0.1, 0.15) is 0 Å². The average molecular weight is 370 g/mol. The number of carbonyl (C=O) groups is 2. The quantitative estimate of drug-likeness (QED) is 0.790. The molecule has 0 aliphatic carbocycles. The van der Waals surface area contributed by atoms with Crippen molar-refractivity contribution in [3.8, 4) is 0 Å². The van der Waals surface area contributed by atoms with Crippen LogP contribution in [0.15, 0.2) is 24.3 Å². The third-order valence-corrected chi connectivity index (χ3v) is 4.97. The Bertz CT molecular complexity index is 820. The minimum Gasteiger partial charge on any atom is -0.455 e. The summed E-state index contributed by atoms with van der Waals surface area (Å²) in [5.41, 5.74) is 4.43. The van der Waals surface area contributed by atoms with E-state index >= 15 is 0 Å². The van der Waals surface area contributed by atoms with E-state index in [1.165, 1.54) is 18.5 Å². The lowest BCUT2D eigenvalue weighted by Gasteiger charge is -2.17. The summed E-state index contributed by atoms with van der Waals surface area (Å²) in [6.07, 6.45) is 2.56. The second kappa shape index (κ2) is 8.24. The molecule has 1 aliphatic rings. The molecule has 2 heterocycles. The van der Waals surface area contributed by atoms with Crippen molar-refractivity contribution in [2.24, 2.45) is 7.05 Å². The number of carbonyl (C=O) groups excluding carboxylic acids is 2. The Labute approximate surface area is 159 Å². The molecule has 0 atom stereocenters. The Morgan fingerprint density at radius 2 is 1.81 bits per heavy atom. The molecule has 0 saturated carbocycles. The molecule has 7 heteroatoms. The molecular formula is C20H26N4O3. The molecule has 1 N–H and O–H groups in total. The highest BCUT2D eigenvalue weighted by Gasteiger charge is 2.16. The number of rotatable bonds is 6. The molecule has 1 aromatic heterocycles. The zero-order valence-corrected chi connectivity index (χ0v) is 16.1. The van der Waals surface area contributed by atoms with Gasteiger partial charge in [0, 0.05) is 42.8 Å². The van der Waals surface area contributed by atoms with Gasteiger partial charge >= 0.3 is 5.97 Å². The lowest BCUT2D eigenvalue weighted by atomic mass is 10.1. The first-order valence-electron chi connectivity index (χ1n) is 9.23. The minimum atomic E-state index is -0.436. The zero-order chi connectivity index (χ0) is 19.4. The van der Waals surface area contributed by atoms with Crippen molar-refractivity contribution in [1.29, 1.82) is 0 Å². The number of anilines is 2. The first-order valence-corrected chi connectivity index (χ1v) is 9.23. The van der Waals surface area contributed by atoms with E-state index in [1.807, 2.05) is 45.2 Å². The average Bonchev–Trinajstić information content (AvgIpc) is 3.26. The third-order valence-electron chi connectivity index (χ3n) is 4.97. The van der Waals surface area contributed by atoms with Crippen LogP contribution in [0.3, 0.4) is 0 Å². The summed E-state index contributed by atoms with van der Waals surface area (Å²) in [4.78, 5) is 26.4. The molecule has 0 unspecified atom stereocenters. The van der Waals surface area contributed by atoms with Gasteiger partial charge in [-0.2, -0.15) is 5.10 Å². The maximum Gasteiger partial charge on any atom is 0.310 e.